The van der Waals surface area contributed by atoms with E-state index in [0.29, 0.717) is 23.8 Å². The first kappa shape index (κ1) is 19.9. The number of carbonyl (C=O) groups excluding carboxylic acids is 1. The fourth-order valence-corrected chi connectivity index (χ4v) is 3.59. The number of fused-ring (bicyclic) bond motifs is 1. The summed E-state index contributed by atoms with van der Waals surface area (Å²) in [4.78, 5) is 20.7. The van der Waals surface area contributed by atoms with E-state index in [9.17, 15) is 4.79 Å². The summed E-state index contributed by atoms with van der Waals surface area (Å²) in [5.74, 6) is 0.519. The van der Waals surface area contributed by atoms with Gasteiger partial charge < -0.3 is 9.72 Å². The molecule has 0 atom stereocenters. The third kappa shape index (κ3) is 4.44. The van der Waals surface area contributed by atoms with Crippen molar-refractivity contribution in [3.8, 4) is 11.1 Å². The standard InChI is InChI=1S/C23H22ClN5O/c1-3-25-23(30)28-21-8-7-16(12-26-21)9-17-10-20(18-5-4-6-19(24)11-18)22-27-15(2)13-29(22)14-17/h4-8,10-14H,3,9H2,1-2H3,(H2,25,26,28,30). The SMILES string of the molecule is CCNC(=O)Nc1ccc(Cc2cc(-c3cccc(Cl)c3)c3nc(C)cn3c2)cn1. The van der Waals surface area contributed by atoms with Crippen LogP contribution >= 0.6 is 11.6 Å². The van der Waals surface area contributed by atoms with Gasteiger partial charge in [0, 0.05) is 42.1 Å². The molecule has 7 heteroatoms. The Balaban J connectivity index is 1.64. The van der Waals surface area contributed by atoms with E-state index in [1.54, 1.807) is 6.20 Å². The third-order valence-corrected chi connectivity index (χ3v) is 4.91. The normalized spacial score (nSPS) is 10.9. The molecule has 2 amide bonds. The number of aromatic nitrogens is 3. The fourth-order valence-electron chi connectivity index (χ4n) is 3.40. The van der Waals surface area contributed by atoms with Crippen LogP contribution in [-0.4, -0.2) is 26.9 Å². The first-order valence-corrected chi connectivity index (χ1v) is 10.1. The van der Waals surface area contributed by atoms with E-state index in [4.69, 9.17) is 11.6 Å². The Morgan fingerprint density at radius 3 is 2.73 bits per heavy atom. The summed E-state index contributed by atoms with van der Waals surface area (Å²) in [5.41, 5.74) is 6.09. The van der Waals surface area contributed by atoms with Crippen molar-refractivity contribution in [1.29, 1.82) is 0 Å². The minimum absolute atomic E-state index is 0.259. The van der Waals surface area contributed by atoms with Gasteiger partial charge in [-0.2, -0.15) is 0 Å². The number of hydrogen-bond donors (Lipinski definition) is 2. The number of rotatable bonds is 5. The van der Waals surface area contributed by atoms with Crippen LogP contribution in [-0.2, 0) is 6.42 Å². The molecule has 0 aliphatic carbocycles. The second kappa shape index (κ2) is 8.55. The maximum atomic E-state index is 11.6. The Bertz CT molecular complexity index is 1200. The van der Waals surface area contributed by atoms with Gasteiger partial charge in [-0.1, -0.05) is 29.8 Å². The molecule has 4 rings (SSSR count). The highest BCUT2D eigenvalue weighted by atomic mass is 35.5. The van der Waals surface area contributed by atoms with E-state index in [2.05, 4.69) is 37.3 Å². The van der Waals surface area contributed by atoms with Crippen molar-refractivity contribution in [3.05, 3.63) is 82.9 Å². The van der Waals surface area contributed by atoms with Crippen LogP contribution in [0.2, 0.25) is 5.02 Å². The molecule has 0 bridgehead atoms. The van der Waals surface area contributed by atoms with Crippen molar-refractivity contribution < 1.29 is 4.79 Å². The number of anilines is 1. The number of pyridine rings is 2. The maximum absolute atomic E-state index is 11.6. The zero-order chi connectivity index (χ0) is 21.1. The van der Waals surface area contributed by atoms with Crippen LogP contribution in [0.25, 0.3) is 16.8 Å². The van der Waals surface area contributed by atoms with E-state index in [-0.39, 0.29) is 6.03 Å². The molecule has 3 heterocycles. The topological polar surface area (TPSA) is 71.3 Å². The summed E-state index contributed by atoms with van der Waals surface area (Å²) in [6, 6.07) is 13.5. The van der Waals surface area contributed by atoms with Crippen LogP contribution in [0.3, 0.4) is 0 Å². The number of aryl methyl sites for hydroxylation is 1. The van der Waals surface area contributed by atoms with Crippen molar-refractivity contribution in [2.24, 2.45) is 0 Å². The molecule has 0 unspecified atom stereocenters. The van der Waals surface area contributed by atoms with E-state index >= 15 is 0 Å². The second-order valence-electron chi connectivity index (χ2n) is 7.10. The lowest BCUT2D eigenvalue weighted by atomic mass is 10.0. The number of amides is 2. The Hall–Kier alpha value is -3.38. The molecule has 3 aromatic heterocycles. The van der Waals surface area contributed by atoms with Crippen molar-refractivity contribution in [3.63, 3.8) is 0 Å². The molecule has 1 aromatic carbocycles. The van der Waals surface area contributed by atoms with Gasteiger partial charge in [0.25, 0.3) is 0 Å². The zero-order valence-electron chi connectivity index (χ0n) is 16.8. The first-order valence-electron chi connectivity index (χ1n) is 9.76. The largest absolute Gasteiger partial charge is 0.338 e. The van der Waals surface area contributed by atoms with E-state index in [1.165, 1.54) is 0 Å². The molecule has 0 aliphatic heterocycles. The van der Waals surface area contributed by atoms with Crippen LogP contribution in [0, 0.1) is 6.92 Å². The van der Waals surface area contributed by atoms with Crippen LogP contribution < -0.4 is 10.6 Å². The third-order valence-electron chi connectivity index (χ3n) is 4.68. The predicted molar refractivity (Wildman–Crippen MR) is 120 cm³/mol. The van der Waals surface area contributed by atoms with Crippen molar-refractivity contribution in [2.75, 3.05) is 11.9 Å². The molecular formula is C23H22ClN5O. The van der Waals surface area contributed by atoms with Crippen LogP contribution in [0.1, 0.15) is 23.7 Å². The summed E-state index contributed by atoms with van der Waals surface area (Å²) >= 11 is 6.22. The Labute approximate surface area is 179 Å². The number of imidazole rings is 1. The van der Waals surface area contributed by atoms with Crippen molar-refractivity contribution in [1.82, 2.24) is 19.7 Å². The number of nitrogens with zero attached hydrogens (tertiary/aromatic N) is 3. The first-order chi connectivity index (χ1) is 14.5. The number of urea groups is 1. The lowest BCUT2D eigenvalue weighted by Crippen LogP contribution is -2.28. The molecule has 152 valence electrons. The minimum atomic E-state index is -0.259. The summed E-state index contributed by atoms with van der Waals surface area (Å²) in [6.07, 6.45) is 6.59. The van der Waals surface area contributed by atoms with Gasteiger partial charge >= 0.3 is 6.03 Å². The summed E-state index contributed by atoms with van der Waals surface area (Å²) in [7, 11) is 0. The van der Waals surface area contributed by atoms with E-state index in [1.807, 2.05) is 56.4 Å². The average Bonchev–Trinajstić information content (AvgIpc) is 3.09. The number of benzene rings is 1. The van der Waals surface area contributed by atoms with Gasteiger partial charge in [-0.25, -0.2) is 14.8 Å². The van der Waals surface area contributed by atoms with Gasteiger partial charge in [0.05, 0.1) is 5.69 Å². The molecule has 0 fully saturated rings. The molecule has 2 N–H and O–H groups in total. The Morgan fingerprint density at radius 2 is 2.00 bits per heavy atom. The molecule has 0 aliphatic rings. The van der Waals surface area contributed by atoms with Gasteiger partial charge in [0.15, 0.2) is 0 Å². The molecule has 0 spiro atoms. The predicted octanol–water partition coefficient (Wildman–Crippen LogP) is 5.09. The minimum Gasteiger partial charge on any atom is -0.338 e. The number of carbonyl (C=O) groups is 1. The van der Waals surface area contributed by atoms with Crippen LogP contribution in [0.5, 0.6) is 0 Å². The molecule has 4 aromatic rings. The highest BCUT2D eigenvalue weighted by Crippen LogP contribution is 2.28. The summed E-state index contributed by atoms with van der Waals surface area (Å²) in [6.45, 7) is 4.42. The van der Waals surface area contributed by atoms with Crippen molar-refractivity contribution >= 4 is 29.1 Å². The molecule has 30 heavy (non-hydrogen) atoms. The summed E-state index contributed by atoms with van der Waals surface area (Å²) in [5, 5.41) is 6.09. The number of hydrogen-bond acceptors (Lipinski definition) is 3. The number of halogens is 1. The highest BCUT2D eigenvalue weighted by Gasteiger charge is 2.11. The van der Waals surface area contributed by atoms with Gasteiger partial charge in [-0.3, -0.25) is 5.32 Å². The zero-order valence-corrected chi connectivity index (χ0v) is 17.6. The van der Waals surface area contributed by atoms with Gasteiger partial charge in [0.2, 0.25) is 0 Å². The molecule has 6 nitrogen and oxygen atoms in total. The monoisotopic (exact) mass is 419 g/mol. The van der Waals surface area contributed by atoms with Crippen LogP contribution in [0.15, 0.2) is 61.1 Å². The fraction of sp³-hybridized carbons (Fsp3) is 0.174. The van der Waals surface area contributed by atoms with Crippen LogP contribution in [0.4, 0.5) is 10.6 Å². The molecular weight excluding hydrogens is 398 g/mol. The summed E-state index contributed by atoms with van der Waals surface area (Å²) < 4.78 is 2.05. The maximum Gasteiger partial charge on any atom is 0.320 e. The second-order valence-corrected chi connectivity index (χ2v) is 7.53. The molecule has 0 radical (unpaired) electrons. The lowest BCUT2D eigenvalue weighted by molar-refractivity contribution is 0.252. The highest BCUT2D eigenvalue weighted by molar-refractivity contribution is 6.30. The molecule has 0 saturated heterocycles. The average molecular weight is 420 g/mol. The van der Waals surface area contributed by atoms with E-state index < -0.39 is 0 Å². The Kier molecular flexibility index (Phi) is 5.68. The Morgan fingerprint density at radius 1 is 1.13 bits per heavy atom. The van der Waals surface area contributed by atoms with Gasteiger partial charge in [-0.15, -0.1) is 0 Å². The lowest BCUT2D eigenvalue weighted by Gasteiger charge is -2.10. The quantitative estimate of drug-likeness (QED) is 0.473. The van der Waals surface area contributed by atoms with Gasteiger partial charge in [0.1, 0.15) is 11.5 Å². The van der Waals surface area contributed by atoms with E-state index in [0.717, 1.165) is 33.6 Å². The smallest absolute Gasteiger partial charge is 0.320 e. The van der Waals surface area contributed by atoms with Gasteiger partial charge in [-0.05, 0) is 54.8 Å². The number of nitrogens with one attached hydrogen (secondary N) is 2. The van der Waals surface area contributed by atoms with Crippen molar-refractivity contribution in [2.45, 2.75) is 20.3 Å². The molecule has 0 saturated carbocycles.